The molecule has 22 heavy (non-hydrogen) atoms. The molecule has 2 rings (SSSR count). The Hall–Kier alpha value is -2.67. The third-order valence-electron chi connectivity index (χ3n) is 2.85. The van der Waals surface area contributed by atoms with E-state index in [4.69, 9.17) is 4.74 Å². The van der Waals surface area contributed by atoms with Gasteiger partial charge in [0.25, 0.3) is 0 Å². The maximum atomic E-state index is 13.0. The Morgan fingerprint density at radius 2 is 1.64 bits per heavy atom. The van der Waals surface area contributed by atoms with Gasteiger partial charge < -0.3 is 4.74 Å². The summed E-state index contributed by atoms with van der Waals surface area (Å²) < 4.78 is 44.1. The Labute approximate surface area is 127 Å². The lowest BCUT2D eigenvalue weighted by atomic mass is 10.1. The first kappa shape index (κ1) is 15.7. The van der Waals surface area contributed by atoms with Gasteiger partial charge in [0, 0.05) is 5.56 Å². The first-order chi connectivity index (χ1) is 10.5. The van der Waals surface area contributed by atoms with Crippen LogP contribution in [0.25, 0.3) is 6.08 Å². The standard InChI is InChI=1S/C18H13F3O/c1-22-17-11-8-14(9-12-17)7-10-16(18(19,20)21)13-15-5-3-2-4-6-15/h2-6,8-9,11-13H,1H3/b16-13-. The number of ether oxygens (including phenoxy) is 1. The van der Waals surface area contributed by atoms with Crippen molar-refractivity contribution in [1.82, 2.24) is 0 Å². The number of rotatable bonds is 2. The van der Waals surface area contributed by atoms with Crippen molar-refractivity contribution in [1.29, 1.82) is 0 Å². The van der Waals surface area contributed by atoms with Crippen molar-refractivity contribution in [2.75, 3.05) is 7.11 Å². The highest BCUT2D eigenvalue weighted by atomic mass is 19.4. The normalized spacial score (nSPS) is 11.5. The third-order valence-corrected chi connectivity index (χ3v) is 2.85. The molecule has 0 bridgehead atoms. The molecule has 0 saturated heterocycles. The lowest BCUT2D eigenvalue weighted by Crippen LogP contribution is -2.10. The van der Waals surface area contributed by atoms with E-state index in [0.29, 0.717) is 16.9 Å². The fraction of sp³-hybridized carbons (Fsp3) is 0.111. The number of hydrogen-bond donors (Lipinski definition) is 0. The van der Waals surface area contributed by atoms with Crippen molar-refractivity contribution in [3.63, 3.8) is 0 Å². The molecule has 1 nitrogen and oxygen atoms in total. The molecule has 0 heterocycles. The fourth-order valence-corrected chi connectivity index (χ4v) is 1.72. The zero-order chi connectivity index (χ0) is 16.0. The number of benzene rings is 2. The predicted molar refractivity (Wildman–Crippen MR) is 80.3 cm³/mol. The third kappa shape index (κ3) is 4.42. The summed E-state index contributed by atoms with van der Waals surface area (Å²) in [5.41, 5.74) is 0.0670. The maximum Gasteiger partial charge on any atom is 0.424 e. The minimum atomic E-state index is -4.49. The van der Waals surface area contributed by atoms with E-state index >= 15 is 0 Å². The molecular formula is C18H13F3O. The average molecular weight is 302 g/mol. The van der Waals surface area contributed by atoms with Crippen LogP contribution < -0.4 is 4.74 Å². The van der Waals surface area contributed by atoms with Crippen LogP contribution in [0.4, 0.5) is 13.2 Å². The van der Waals surface area contributed by atoms with Crippen LogP contribution in [0.5, 0.6) is 5.75 Å². The van der Waals surface area contributed by atoms with Crippen molar-refractivity contribution < 1.29 is 17.9 Å². The molecule has 4 heteroatoms. The highest BCUT2D eigenvalue weighted by Gasteiger charge is 2.32. The lowest BCUT2D eigenvalue weighted by molar-refractivity contribution is -0.0863. The van der Waals surface area contributed by atoms with Crippen LogP contribution in [0.1, 0.15) is 11.1 Å². The second-order valence-electron chi connectivity index (χ2n) is 4.44. The van der Waals surface area contributed by atoms with Gasteiger partial charge in [-0.1, -0.05) is 42.2 Å². The number of alkyl halides is 3. The predicted octanol–water partition coefficient (Wildman–Crippen LogP) is 4.69. The monoisotopic (exact) mass is 302 g/mol. The van der Waals surface area contributed by atoms with Gasteiger partial charge in [0.1, 0.15) is 11.3 Å². The van der Waals surface area contributed by atoms with Crippen LogP contribution in [-0.2, 0) is 0 Å². The van der Waals surface area contributed by atoms with E-state index in [1.807, 2.05) is 0 Å². The summed E-state index contributed by atoms with van der Waals surface area (Å²) in [6.45, 7) is 0. The summed E-state index contributed by atoms with van der Waals surface area (Å²) >= 11 is 0. The Kier molecular flexibility index (Phi) is 4.90. The van der Waals surface area contributed by atoms with Gasteiger partial charge >= 0.3 is 6.18 Å². The lowest BCUT2D eigenvalue weighted by Gasteiger charge is -2.05. The summed E-state index contributed by atoms with van der Waals surface area (Å²) in [4.78, 5) is 0. The fourth-order valence-electron chi connectivity index (χ4n) is 1.72. The topological polar surface area (TPSA) is 9.23 Å². The van der Waals surface area contributed by atoms with Crippen LogP contribution in [-0.4, -0.2) is 13.3 Å². The Morgan fingerprint density at radius 3 is 2.18 bits per heavy atom. The molecular weight excluding hydrogens is 289 g/mol. The minimum Gasteiger partial charge on any atom is -0.497 e. The van der Waals surface area contributed by atoms with Gasteiger partial charge in [-0.15, -0.1) is 0 Å². The van der Waals surface area contributed by atoms with Gasteiger partial charge in [0.05, 0.1) is 7.11 Å². The first-order valence-corrected chi connectivity index (χ1v) is 6.49. The molecule has 0 aliphatic rings. The maximum absolute atomic E-state index is 13.0. The van der Waals surface area contributed by atoms with Gasteiger partial charge in [-0.05, 0) is 35.9 Å². The first-order valence-electron chi connectivity index (χ1n) is 6.49. The van der Waals surface area contributed by atoms with Crippen LogP contribution in [0.2, 0.25) is 0 Å². The van der Waals surface area contributed by atoms with Crippen LogP contribution in [0, 0.1) is 11.8 Å². The minimum absolute atomic E-state index is 0.457. The van der Waals surface area contributed by atoms with E-state index < -0.39 is 11.7 Å². The van der Waals surface area contributed by atoms with Crippen molar-refractivity contribution in [3.05, 3.63) is 71.3 Å². The van der Waals surface area contributed by atoms with E-state index in [1.165, 1.54) is 7.11 Å². The molecule has 0 N–H and O–H groups in total. The molecule has 2 aromatic carbocycles. The smallest absolute Gasteiger partial charge is 0.424 e. The zero-order valence-electron chi connectivity index (χ0n) is 11.8. The van der Waals surface area contributed by atoms with Crippen molar-refractivity contribution in [3.8, 4) is 17.6 Å². The van der Waals surface area contributed by atoms with Gasteiger partial charge in [-0.2, -0.15) is 13.2 Å². The summed E-state index contributed by atoms with van der Waals surface area (Å²) in [5.74, 6) is 5.36. The van der Waals surface area contributed by atoms with E-state index in [9.17, 15) is 13.2 Å². The second-order valence-corrected chi connectivity index (χ2v) is 4.44. The van der Waals surface area contributed by atoms with Crippen molar-refractivity contribution in [2.24, 2.45) is 0 Å². The Balaban J connectivity index is 2.32. The molecule has 112 valence electrons. The molecule has 0 amide bonds. The quantitative estimate of drug-likeness (QED) is 0.731. The molecule has 0 saturated carbocycles. The molecule has 0 aromatic heterocycles. The SMILES string of the molecule is COc1ccc(C#C/C(=C/c2ccccc2)C(F)(F)F)cc1. The van der Waals surface area contributed by atoms with Gasteiger partial charge in [-0.3, -0.25) is 0 Å². The molecule has 0 atom stereocenters. The summed E-state index contributed by atoms with van der Waals surface area (Å²) in [7, 11) is 1.52. The van der Waals surface area contributed by atoms with Gasteiger partial charge in [-0.25, -0.2) is 0 Å². The number of hydrogen-bond acceptors (Lipinski definition) is 1. The van der Waals surface area contributed by atoms with Gasteiger partial charge in [0.2, 0.25) is 0 Å². The van der Waals surface area contributed by atoms with E-state index in [-0.39, 0.29) is 0 Å². The van der Waals surface area contributed by atoms with Crippen LogP contribution in [0.3, 0.4) is 0 Å². The molecule has 0 spiro atoms. The number of allylic oxidation sites excluding steroid dienone is 1. The molecule has 0 unspecified atom stereocenters. The molecule has 0 radical (unpaired) electrons. The molecule has 2 aromatic rings. The van der Waals surface area contributed by atoms with Gasteiger partial charge in [0.15, 0.2) is 0 Å². The summed E-state index contributed by atoms with van der Waals surface area (Å²) in [5, 5.41) is 0. The average Bonchev–Trinajstić information content (AvgIpc) is 2.52. The second kappa shape index (κ2) is 6.86. The number of halogens is 3. The summed E-state index contributed by atoms with van der Waals surface area (Å²) in [6.07, 6.45) is -3.45. The van der Waals surface area contributed by atoms with E-state index in [2.05, 4.69) is 11.8 Å². The largest absolute Gasteiger partial charge is 0.497 e. The Morgan fingerprint density at radius 1 is 1.00 bits per heavy atom. The van der Waals surface area contributed by atoms with Crippen molar-refractivity contribution in [2.45, 2.75) is 6.18 Å². The molecule has 0 fully saturated rings. The molecule has 0 aliphatic heterocycles. The molecule has 0 aliphatic carbocycles. The highest BCUT2D eigenvalue weighted by molar-refractivity contribution is 5.61. The van der Waals surface area contributed by atoms with E-state index in [0.717, 1.165) is 6.08 Å². The van der Waals surface area contributed by atoms with Crippen LogP contribution in [0.15, 0.2) is 60.2 Å². The van der Waals surface area contributed by atoms with Crippen LogP contribution >= 0.6 is 0 Å². The number of methoxy groups -OCH3 is 1. The van der Waals surface area contributed by atoms with E-state index in [1.54, 1.807) is 54.6 Å². The summed E-state index contributed by atoms with van der Waals surface area (Å²) in [6, 6.07) is 14.8. The highest BCUT2D eigenvalue weighted by Crippen LogP contribution is 2.27. The van der Waals surface area contributed by atoms with Crippen molar-refractivity contribution >= 4 is 6.08 Å². The Bertz CT molecular complexity index is 702. The zero-order valence-corrected chi connectivity index (χ0v) is 11.8.